The van der Waals surface area contributed by atoms with Gasteiger partial charge in [0.25, 0.3) is 5.69 Å². The van der Waals surface area contributed by atoms with Gasteiger partial charge in [0.1, 0.15) is 10.5 Å². The van der Waals surface area contributed by atoms with Crippen LogP contribution in [0.4, 0.5) is 5.69 Å². The Morgan fingerprint density at radius 3 is 2.74 bits per heavy atom. The first-order valence-electron chi connectivity index (χ1n) is 5.83. The van der Waals surface area contributed by atoms with E-state index in [2.05, 4.69) is 9.97 Å². The van der Waals surface area contributed by atoms with Crippen LogP contribution in [0.3, 0.4) is 0 Å². The van der Waals surface area contributed by atoms with Gasteiger partial charge in [-0.3, -0.25) is 10.1 Å². The van der Waals surface area contributed by atoms with Crippen LogP contribution in [0.5, 0.6) is 0 Å². The van der Waals surface area contributed by atoms with E-state index in [4.69, 9.17) is 12.2 Å². The molecular formula is C13H13N3O2S. The minimum Gasteiger partial charge on any atom is -0.343 e. The van der Waals surface area contributed by atoms with Crippen molar-refractivity contribution in [1.82, 2.24) is 9.97 Å². The van der Waals surface area contributed by atoms with Crippen molar-refractivity contribution in [3.63, 3.8) is 0 Å². The lowest BCUT2D eigenvalue weighted by atomic mass is 10.1. The number of nitrogens with zero attached hydrogens (tertiary/aromatic N) is 2. The molecule has 0 aliphatic carbocycles. The monoisotopic (exact) mass is 275 g/mol. The third kappa shape index (κ3) is 3.03. The van der Waals surface area contributed by atoms with Crippen molar-refractivity contribution in [3.05, 3.63) is 50.9 Å². The molecule has 0 amide bonds. The molecule has 98 valence electrons. The summed E-state index contributed by atoms with van der Waals surface area (Å²) in [5.41, 5.74) is 1.52. The molecule has 0 bridgehead atoms. The van der Waals surface area contributed by atoms with Crippen LogP contribution in [0, 0.1) is 14.8 Å². The highest BCUT2D eigenvalue weighted by atomic mass is 32.1. The molecule has 19 heavy (non-hydrogen) atoms. The smallest absolute Gasteiger partial charge is 0.270 e. The van der Waals surface area contributed by atoms with Crippen molar-refractivity contribution in [1.29, 1.82) is 0 Å². The SMILES string of the molecule is CC(C)c1nc(=S)cc(-c2cccc([N+](=O)[O-])c2)[nH]1. The molecule has 0 radical (unpaired) electrons. The van der Waals surface area contributed by atoms with Gasteiger partial charge in [-0.25, -0.2) is 4.98 Å². The van der Waals surface area contributed by atoms with E-state index in [1.807, 2.05) is 13.8 Å². The quantitative estimate of drug-likeness (QED) is 0.525. The molecule has 1 heterocycles. The second-order valence-corrected chi connectivity index (χ2v) is 4.90. The average Bonchev–Trinajstić information content (AvgIpc) is 2.38. The van der Waals surface area contributed by atoms with Gasteiger partial charge in [-0.15, -0.1) is 0 Å². The van der Waals surface area contributed by atoms with E-state index >= 15 is 0 Å². The maximum absolute atomic E-state index is 10.8. The van der Waals surface area contributed by atoms with Crippen LogP contribution in [0.25, 0.3) is 11.3 Å². The fourth-order valence-electron chi connectivity index (χ4n) is 1.69. The Balaban J connectivity index is 2.55. The third-order valence-corrected chi connectivity index (χ3v) is 2.89. The van der Waals surface area contributed by atoms with Gasteiger partial charge >= 0.3 is 0 Å². The Morgan fingerprint density at radius 1 is 1.37 bits per heavy atom. The first-order valence-corrected chi connectivity index (χ1v) is 6.24. The summed E-state index contributed by atoms with van der Waals surface area (Å²) in [6.45, 7) is 4.01. The van der Waals surface area contributed by atoms with Gasteiger partial charge in [0.15, 0.2) is 0 Å². The highest BCUT2D eigenvalue weighted by Gasteiger charge is 2.09. The van der Waals surface area contributed by atoms with Gasteiger partial charge in [-0.1, -0.05) is 38.2 Å². The lowest BCUT2D eigenvalue weighted by Crippen LogP contribution is -1.99. The number of nitro benzene ring substituents is 1. The van der Waals surface area contributed by atoms with Crippen LogP contribution in [0.1, 0.15) is 25.6 Å². The van der Waals surface area contributed by atoms with E-state index in [0.29, 0.717) is 4.64 Å². The molecule has 2 aromatic rings. The Kier molecular flexibility index (Phi) is 3.71. The molecule has 1 aromatic carbocycles. The van der Waals surface area contributed by atoms with E-state index in [9.17, 15) is 10.1 Å². The largest absolute Gasteiger partial charge is 0.343 e. The predicted molar refractivity (Wildman–Crippen MR) is 75.6 cm³/mol. The summed E-state index contributed by atoms with van der Waals surface area (Å²) in [5, 5.41) is 10.8. The van der Waals surface area contributed by atoms with E-state index in [1.165, 1.54) is 12.1 Å². The van der Waals surface area contributed by atoms with Crippen molar-refractivity contribution in [2.45, 2.75) is 19.8 Å². The van der Waals surface area contributed by atoms with Gasteiger partial charge in [0.05, 0.1) is 4.92 Å². The Morgan fingerprint density at radius 2 is 2.11 bits per heavy atom. The fraction of sp³-hybridized carbons (Fsp3) is 0.231. The molecule has 0 saturated heterocycles. The van der Waals surface area contributed by atoms with Crippen LogP contribution in [0.2, 0.25) is 0 Å². The molecule has 0 aliphatic rings. The number of H-pyrrole nitrogens is 1. The van der Waals surface area contributed by atoms with Gasteiger partial charge in [-0.05, 0) is 6.07 Å². The summed E-state index contributed by atoms with van der Waals surface area (Å²) in [6, 6.07) is 8.14. The number of rotatable bonds is 3. The van der Waals surface area contributed by atoms with Crippen molar-refractivity contribution in [2.75, 3.05) is 0 Å². The zero-order valence-electron chi connectivity index (χ0n) is 10.6. The molecule has 1 aromatic heterocycles. The van der Waals surface area contributed by atoms with Gasteiger partial charge < -0.3 is 4.98 Å². The van der Waals surface area contributed by atoms with Crippen LogP contribution >= 0.6 is 12.2 Å². The maximum Gasteiger partial charge on any atom is 0.270 e. The minimum atomic E-state index is -0.414. The normalized spacial score (nSPS) is 10.7. The molecule has 0 aliphatic heterocycles. The molecule has 0 atom stereocenters. The number of hydrogen-bond donors (Lipinski definition) is 1. The van der Waals surface area contributed by atoms with Crippen LogP contribution in [0.15, 0.2) is 30.3 Å². The number of benzene rings is 1. The van der Waals surface area contributed by atoms with Crippen LogP contribution < -0.4 is 0 Å². The number of aromatic nitrogens is 2. The summed E-state index contributed by atoms with van der Waals surface area (Å²) in [6.07, 6.45) is 0. The molecule has 1 N–H and O–H groups in total. The molecule has 0 saturated carbocycles. The Labute approximate surface area is 115 Å². The van der Waals surface area contributed by atoms with E-state index in [-0.39, 0.29) is 11.6 Å². The van der Waals surface area contributed by atoms with Crippen LogP contribution in [-0.2, 0) is 0 Å². The number of hydrogen-bond acceptors (Lipinski definition) is 4. The number of aromatic amines is 1. The lowest BCUT2D eigenvalue weighted by Gasteiger charge is -2.08. The zero-order valence-corrected chi connectivity index (χ0v) is 11.4. The van der Waals surface area contributed by atoms with Crippen molar-refractivity contribution < 1.29 is 4.92 Å². The number of nitrogens with one attached hydrogen (secondary N) is 1. The van der Waals surface area contributed by atoms with E-state index in [0.717, 1.165) is 17.1 Å². The van der Waals surface area contributed by atoms with Crippen LogP contribution in [-0.4, -0.2) is 14.9 Å². The van der Waals surface area contributed by atoms with Gasteiger partial charge in [0, 0.05) is 29.3 Å². The number of non-ortho nitro benzene ring substituents is 1. The molecule has 6 heteroatoms. The lowest BCUT2D eigenvalue weighted by molar-refractivity contribution is -0.384. The standard InChI is InChI=1S/C13H13N3O2S/c1-8(2)13-14-11(7-12(19)15-13)9-4-3-5-10(6-9)16(17)18/h3-8H,1-2H3,(H,14,15,19). The van der Waals surface area contributed by atoms with Gasteiger partial charge in [-0.2, -0.15) is 0 Å². The summed E-state index contributed by atoms with van der Waals surface area (Å²) < 4.78 is 0.476. The Hall–Kier alpha value is -2.08. The highest BCUT2D eigenvalue weighted by Crippen LogP contribution is 2.23. The molecule has 0 fully saturated rings. The zero-order chi connectivity index (χ0) is 14.0. The van der Waals surface area contributed by atoms with E-state index < -0.39 is 4.92 Å². The van der Waals surface area contributed by atoms with Crippen molar-refractivity contribution in [2.24, 2.45) is 0 Å². The second kappa shape index (κ2) is 5.27. The molecule has 0 spiro atoms. The minimum absolute atomic E-state index is 0.0553. The Bertz CT molecular complexity index is 680. The highest BCUT2D eigenvalue weighted by molar-refractivity contribution is 7.71. The van der Waals surface area contributed by atoms with Crippen molar-refractivity contribution >= 4 is 17.9 Å². The summed E-state index contributed by atoms with van der Waals surface area (Å²) in [7, 11) is 0. The summed E-state index contributed by atoms with van der Waals surface area (Å²) in [4.78, 5) is 17.8. The second-order valence-electron chi connectivity index (χ2n) is 4.48. The topological polar surface area (TPSA) is 71.8 Å². The molecule has 0 unspecified atom stereocenters. The predicted octanol–water partition coefficient (Wildman–Crippen LogP) is 3.84. The fourth-order valence-corrected chi connectivity index (χ4v) is 1.91. The maximum atomic E-state index is 10.8. The molecule has 2 rings (SSSR count). The summed E-state index contributed by atoms with van der Waals surface area (Å²) >= 11 is 5.13. The van der Waals surface area contributed by atoms with E-state index in [1.54, 1.807) is 18.2 Å². The van der Waals surface area contributed by atoms with Gasteiger partial charge in [0.2, 0.25) is 0 Å². The number of nitro groups is 1. The third-order valence-electron chi connectivity index (χ3n) is 2.68. The molecular weight excluding hydrogens is 262 g/mol. The average molecular weight is 275 g/mol. The first-order chi connectivity index (χ1) is 8.97. The van der Waals surface area contributed by atoms with Crippen molar-refractivity contribution in [3.8, 4) is 11.3 Å². The summed E-state index contributed by atoms with van der Waals surface area (Å²) in [5.74, 6) is 0.981. The molecule has 5 nitrogen and oxygen atoms in total. The first kappa shape index (κ1) is 13.4.